The Labute approximate surface area is 193 Å². The zero-order valence-electron chi connectivity index (χ0n) is 19.0. The van der Waals surface area contributed by atoms with Gasteiger partial charge in [-0.3, -0.25) is 15.0 Å². The minimum absolute atomic E-state index is 0.656. The summed E-state index contributed by atoms with van der Waals surface area (Å²) >= 11 is 0. The predicted octanol–water partition coefficient (Wildman–Crippen LogP) is 4.74. The second-order valence-corrected chi connectivity index (χ2v) is 8.57. The molecule has 0 atom stereocenters. The van der Waals surface area contributed by atoms with E-state index in [1.165, 1.54) is 37.9 Å². The average Bonchev–Trinajstić information content (AvgIpc) is 3.34. The summed E-state index contributed by atoms with van der Waals surface area (Å²) in [6.07, 6.45) is 15.8. The van der Waals surface area contributed by atoms with Crippen molar-refractivity contribution in [3.8, 4) is 11.5 Å². The van der Waals surface area contributed by atoms with Gasteiger partial charge in [0.2, 0.25) is 0 Å². The van der Waals surface area contributed by atoms with Crippen molar-refractivity contribution in [2.24, 2.45) is 4.99 Å². The van der Waals surface area contributed by atoms with E-state index in [4.69, 9.17) is 9.97 Å². The van der Waals surface area contributed by atoms with Crippen molar-refractivity contribution in [2.45, 2.75) is 26.2 Å². The SMILES string of the molecule is C=C/C=C\c1nc(-c2n[nH]c3ccc(C4=CCN=CC(CN5CCCCC5)=C4)nc23)[nH]c1C. The maximum atomic E-state index is 4.99. The van der Waals surface area contributed by atoms with Gasteiger partial charge in [0, 0.05) is 18.5 Å². The normalized spacial score (nSPS) is 17.4. The first kappa shape index (κ1) is 21.3. The number of hydrogen-bond donors (Lipinski definition) is 2. The largest absolute Gasteiger partial charge is 0.340 e. The summed E-state index contributed by atoms with van der Waals surface area (Å²) in [5.41, 5.74) is 7.49. The van der Waals surface area contributed by atoms with E-state index in [1.54, 1.807) is 6.08 Å². The maximum absolute atomic E-state index is 4.99. The molecule has 7 nitrogen and oxygen atoms in total. The van der Waals surface area contributed by atoms with Crippen LogP contribution in [-0.4, -0.2) is 62.4 Å². The summed E-state index contributed by atoms with van der Waals surface area (Å²) in [4.78, 5) is 20.1. The molecule has 5 heterocycles. The van der Waals surface area contributed by atoms with Gasteiger partial charge in [-0.15, -0.1) is 0 Å². The van der Waals surface area contributed by atoms with Crippen LogP contribution in [0.4, 0.5) is 0 Å². The number of H-pyrrole nitrogens is 2. The summed E-state index contributed by atoms with van der Waals surface area (Å²) in [6, 6.07) is 4.08. The Morgan fingerprint density at radius 1 is 1.15 bits per heavy atom. The standard InChI is InChI=1S/C26H29N7/c1-3-4-8-21-18(2)28-26(30-21)25-24-23(31-32-25)10-9-22(29-24)20-11-12-27-16-19(15-20)17-33-13-6-5-7-14-33/h3-4,8-11,15-16H,1,5-7,12-14,17H2,2H3,(H,28,30)(H,31,32)/b8-4-. The third kappa shape index (κ3) is 4.64. The summed E-state index contributed by atoms with van der Waals surface area (Å²) in [7, 11) is 0. The molecule has 2 aliphatic heterocycles. The molecule has 3 aromatic heterocycles. The van der Waals surface area contributed by atoms with Crippen LogP contribution < -0.4 is 0 Å². The number of pyridine rings is 1. The number of aromatic nitrogens is 5. The lowest BCUT2D eigenvalue weighted by Crippen LogP contribution is -2.31. The molecule has 7 heteroatoms. The third-order valence-electron chi connectivity index (χ3n) is 6.11. The number of imidazole rings is 1. The molecular formula is C26H29N7. The molecule has 0 aromatic carbocycles. The van der Waals surface area contributed by atoms with Crippen molar-refractivity contribution in [3.05, 3.63) is 65.7 Å². The third-order valence-corrected chi connectivity index (χ3v) is 6.11. The van der Waals surface area contributed by atoms with Crippen LogP contribution in [-0.2, 0) is 0 Å². The van der Waals surface area contributed by atoms with Gasteiger partial charge in [-0.25, -0.2) is 9.97 Å². The molecule has 0 unspecified atom stereocenters. The highest BCUT2D eigenvalue weighted by Gasteiger charge is 2.17. The van der Waals surface area contributed by atoms with E-state index in [2.05, 4.69) is 43.8 Å². The second kappa shape index (κ2) is 9.50. The first-order chi connectivity index (χ1) is 16.2. The molecule has 0 amide bonds. The molecule has 0 aliphatic carbocycles. The van der Waals surface area contributed by atoms with E-state index in [9.17, 15) is 0 Å². The number of nitrogens with one attached hydrogen (secondary N) is 2. The Kier molecular flexibility index (Phi) is 6.13. The highest BCUT2D eigenvalue weighted by molar-refractivity contribution is 5.91. The summed E-state index contributed by atoms with van der Waals surface area (Å²) in [5, 5.41) is 7.60. The minimum atomic E-state index is 0.656. The van der Waals surface area contributed by atoms with Crippen molar-refractivity contribution in [2.75, 3.05) is 26.2 Å². The Hall–Kier alpha value is -3.58. The molecule has 0 radical (unpaired) electrons. The summed E-state index contributed by atoms with van der Waals surface area (Å²) in [5.74, 6) is 0.701. The number of allylic oxidation sites excluding steroid dienone is 4. The van der Waals surface area contributed by atoms with Gasteiger partial charge in [-0.1, -0.05) is 31.2 Å². The molecule has 3 aromatic rings. The molecule has 0 saturated carbocycles. The fourth-order valence-corrected chi connectivity index (χ4v) is 4.39. The van der Waals surface area contributed by atoms with Crippen molar-refractivity contribution in [1.29, 1.82) is 0 Å². The van der Waals surface area contributed by atoms with Gasteiger partial charge in [0.1, 0.15) is 5.52 Å². The van der Waals surface area contributed by atoms with Crippen LogP contribution in [0, 0.1) is 6.92 Å². The van der Waals surface area contributed by atoms with Gasteiger partial charge in [0.15, 0.2) is 11.5 Å². The van der Waals surface area contributed by atoms with E-state index in [1.807, 2.05) is 37.4 Å². The molecule has 1 saturated heterocycles. The molecule has 5 rings (SSSR count). The smallest absolute Gasteiger partial charge is 0.161 e. The number of nitrogens with zero attached hydrogens (tertiary/aromatic N) is 5. The van der Waals surface area contributed by atoms with Gasteiger partial charge < -0.3 is 4.98 Å². The number of aryl methyl sites for hydroxylation is 1. The molecule has 2 aliphatic rings. The van der Waals surface area contributed by atoms with Crippen LogP contribution in [0.5, 0.6) is 0 Å². The number of hydrogen-bond acceptors (Lipinski definition) is 5. The Morgan fingerprint density at radius 2 is 2.03 bits per heavy atom. The molecule has 2 N–H and O–H groups in total. The highest BCUT2D eigenvalue weighted by atomic mass is 15.2. The first-order valence-corrected chi connectivity index (χ1v) is 11.6. The number of fused-ring (bicyclic) bond motifs is 1. The van der Waals surface area contributed by atoms with Crippen LogP contribution in [0.15, 0.2) is 53.6 Å². The summed E-state index contributed by atoms with van der Waals surface area (Å²) < 4.78 is 0. The Morgan fingerprint density at radius 3 is 2.88 bits per heavy atom. The zero-order chi connectivity index (χ0) is 22.6. The lowest BCUT2D eigenvalue weighted by Gasteiger charge is -2.26. The van der Waals surface area contributed by atoms with Gasteiger partial charge in [0.25, 0.3) is 0 Å². The van der Waals surface area contributed by atoms with Gasteiger partial charge in [-0.05, 0) is 68.3 Å². The molecule has 0 spiro atoms. The lowest BCUT2D eigenvalue weighted by molar-refractivity contribution is 0.249. The quantitative estimate of drug-likeness (QED) is 0.544. The predicted molar refractivity (Wildman–Crippen MR) is 135 cm³/mol. The number of piperidine rings is 1. The second-order valence-electron chi connectivity index (χ2n) is 8.57. The van der Waals surface area contributed by atoms with Crippen LogP contribution >= 0.6 is 0 Å². The molecule has 168 valence electrons. The van der Waals surface area contributed by atoms with E-state index < -0.39 is 0 Å². The highest BCUT2D eigenvalue weighted by Crippen LogP contribution is 2.27. The number of aliphatic imine (C=N–C) groups is 1. The van der Waals surface area contributed by atoms with E-state index in [0.29, 0.717) is 12.4 Å². The summed E-state index contributed by atoms with van der Waals surface area (Å²) in [6.45, 7) is 9.65. The molecular weight excluding hydrogens is 410 g/mol. The fourth-order valence-electron chi connectivity index (χ4n) is 4.39. The molecule has 33 heavy (non-hydrogen) atoms. The average molecular weight is 440 g/mol. The maximum Gasteiger partial charge on any atom is 0.161 e. The van der Waals surface area contributed by atoms with E-state index in [0.717, 1.165) is 45.9 Å². The lowest BCUT2D eigenvalue weighted by atomic mass is 10.1. The number of rotatable bonds is 6. The van der Waals surface area contributed by atoms with Crippen molar-refractivity contribution >= 4 is 28.9 Å². The van der Waals surface area contributed by atoms with E-state index in [-0.39, 0.29) is 0 Å². The number of likely N-dealkylation sites (tertiary alicyclic amines) is 1. The van der Waals surface area contributed by atoms with E-state index >= 15 is 0 Å². The van der Waals surface area contributed by atoms with Crippen molar-refractivity contribution < 1.29 is 0 Å². The molecule has 1 fully saturated rings. The topological polar surface area (TPSA) is 85.8 Å². The molecule has 0 bridgehead atoms. The van der Waals surface area contributed by atoms with Crippen molar-refractivity contribution in [3.63, 3.8) is 0 Å². The van der Waals surface area contributed by atoms with Gasteiger partial charge in [0.05, 0.1) is 23.4 Å². The Bertz CT molecular complexity index is 1280. The van der Waals surface area contributed by atoms with Gasteiger partial charge >= 0.3 is 0 Å². The van der Waals surface area contributed by atoms with Crippen LogP contribution in [0.2, 0.25) is 0 Å². The van der Waals surface area contributed by atoms with Crippen LogP contribution in [0.1, 0.15) is 36.3 Å². The Balaban J connectivity index is 1.47. The van der Waals surface area contributed by atoms with Crippen LogP contribution in [0.25, 0.3) is 34.2 Å². The monoisotopic (exact) mass is 439 g/mol. The van der Waals surface area contributed by atoms with Gasteiger partial charge in [-0.2, -0.15) is 5.10 Å². The van der Waals surface area contributed by atoms with Crippen LogP contribution in [0.3, 0.4) is 0 Å². The first-order valence-electron chi connectivity index (χ1n) is 11.6. The zero-order valence-corrected chi connectivity index (χ0v) is 19.0. The fraction of sp³-hybridized carbons (Fsp3) is 0.308. The van der Waals surface area contributed by atoms with Crippen molar-refractivity contribution in [1.82, 2.24) is 30.0 Å². The minimum Gasteiger partial charge on any atom is -0.340 e. The number of aromatic amines is 2.